The highest BCUT2D eigenvalue weighted by Gasteiger charge is 2.17. The summed E-state index contributed by atoms with van der Waals surface area (Å²) in [5.41, 5.74) is 5.23. The lowest BCUT2D eigenvalue weighted by Gasteiger charge is -2.13. The molecule has 20 heavy (non-hydrogen) atoms. The topological polar surface area (TPSA) is 92.9 Å². The lowest BCUT2D eigenvalue weighted by molar-refractivity contribution is 0.0940. The van der Waals surface area contributed by atoms with E-state index < -0.39 is 0 Å². The maximum absolute atomic E-state index is 12.3. The third kappa shape index (κ3) is 3.12. The molecule has 2 aromatic heterocycles. The predicted octanol–water partition coefficient (Wildman–Crippen LogP) is 1.93. The van der Waals surface area contributed by atoms with Gasteiger partial charge in [-0.15, -0.1) is 11.3 Å². The first-order chi connectivity index (χ1) is 9.51. The van der Waals surface area contributed by atoms with Gasteiger partial charge in [-0.3, -0.25) is 15.6 Å². The van der Waals surface area contributed by atoms with Crippen molar-refractivity contribution in [2.24, 2.45) is 5.84 Å². The molecule has 0 radical (unpaired) electrons. The van der Waals surface area contributed by atoms with Gasteiger partial charge in [0.25, 0.3) is 5.91 Å². The Morgan fingerprint density at radius 3 is 2.75 bits per heavy atom. The first-order valence-corrected chi connectivity index (χ1v) is 7.05. The largest absolute Gasteiger partial charge is 0.343 e. The summed E-state index contributed by atoms with van der Waals surface area (Å²) in [5.74, 6) is 5.20. The van der Waals surface area contributed by atoms with Gasteiger partial charge in [-0.25, -0.2) is 4.98 Å². The minimum absolute atomic E-state index is 0.159. The fraction of sp³-hybridized carbons (Fsp3) is 0.308. The Bertz CT molecular complexity index is 625. The number of hydrazine groups is 1. The van der Waals surface area contributed by atoms with E-state index in [1.807, 2.05) is 26.2 Å². The van der Waals surface area contributed by atoms with Crippen molar-refractivity contribution in [1.29, 1.82) is 0 Å². The van der Waals surface area contributed by atoms with E-state index >= 15 is 0 Å². The summed E-state index contributed by atoms with van der Waals surface area (Å²) in [6, 6.07) is 1.57. The SMILES string of the molecule is Cc1cc(NN)c(C(=O)NC(C)c2nc(C)cs2)cn1. The first kappa shape index (κ1) is 14.4. The maximum atomic E-state index is 12.3. The molecule has 0 fully saturated rings. The summed E-state index contributed by atoms with van der Waals surface area (Å²) < 4.78 is 0. The number of nitrogens with one attached hydrogen (secondary N) is 2. The monoisotopic (exact) mass is 291 g/mol. The van der Waals surface area contributed by atoms with Gasteiger partial charge in [-0.05, 0) is 26.8 Å². The van der Waals surface area contributed by atoms with Crippen LogP contribution in [0.25, 0.3) is 0 Å². The zero-order valence-corrected chi connectivity index (χ0v) is 12.4. The quantitative estimate of drug-likeness (QED) is 0.591. The van der Waals surface area contributed by atoms with E-state index in [4.69, 9.17) is 5.84 Å². The van der Waals surface area contributed by atoms with Crippen LogP contribution in [0, 0.1) is 13.8 Å². The van der Waals surface area contributed by atoms with E-state index in [1.165, 1.54) is 17.5 Å². The molecule has 1 atom stereocenters. The molecule has 2 heterocycles. The van der Waals surface area contributed by atoms with Crippen molar-refractivity contribution >= 4 is 22.9 Å². The molecular formula is C13H17N5OS. The van der Waals surface area contributed by atoms with Gasteiger partial charge >= 0.3 is 0 Å². The van der Waals surface area contributed by atoms with Crippen molar-refractivity contribution in [2.45, 2.75) is 26.8 Å². The fourth-order valence-corrected chi connectivity index (χ4v) is 2.57. The van der Waals surface area contributed by atoms with Gasteiger partial charge in [0, 0.05) is 23.0 Å². The highest BCUT2D eigenvalue weighted by atomic mass is 32.1. The molecule has 2 rings (SSSR count). The number of thiazole rings is 1. The molecule has 0 bridgehead atoms. The van der Waals surface area contributed by atoms with Gasteiger partial charge in [0.1, 0.15) is 5.01 Å². The van der Waals surface area contributed by atoms with Crippen LogP contribution in [0.3, 0.4) is 0 Å². The van der Waals surface area contributed by atoms with Gasteiger partial charge < -0.3 is 10.7 Å². The average Bonchev–Trinajstić information content (AvgIpc) is 2.85. The van der Waals surface area contributed by atoms with Crippen molar-refractivity contribution in [1.82, 2.24) is 15.3 Å². The van der Waals surface area contributed by atoms with Gasteiger partial charge in [-0.1, -0.05) is 0 Å². The van der Waals surface area contributed by atoms with E-state index in [1.54, 1.807) is 6.07 Å². The molecular weight excluding hydrogens is 274 g/mol. The van der Waals surface area contributed by atoms with Crippen molar-refractivity contribution in [3.63, 3.8) is 0 Å². The standard InChI is InChI=1S/C13H17N5OS/c1-7-4-11(18-14)10(5-15-7)12(19)17-9(3)13-16-8(2)6-20-13/h4-6,9H,14H2,1-3H3,(H,15,18)(H,17,19). The van der Waals surface area contributed by atoms with E-state index in [9.17, 15) is 4.79 Å². The molecule has 1 unspecified atom stereocenters. The van der Waals surface area contributed by atoms with Crippen LogP contribution in [-0.2, 0) is 0 Å². The molecule has 6 nitrogen and oxygen atoms in total. The van der Waals surface area contributed by atoms with Gasteiger partial charge in [-0.2, -0.15) is 0 Å². The molecule has 0 aliphatic carbocycles. The number of pyridine rings is 1. The van der Waals surface area contributed by atoms with E-state index in [0.29, 0.717) is 11.3 Å². The van der Waals surface area contributed by atoms with Crippen molar-refractivity contribution in [2.75, 3.05) is 5.43 Å². The van der Waals surface area contributed by atoms with Crippen LogP contribution in [-0.4, -0.2) is 15.9 Å². The predicted molar refractivity (Wildman–Crippen MR) is 79.5 cm³/mol. The summed E-state index contributed by atoms with van der Waals surface area (Å²) >= 11 is 1.53. The number of carbonyl (C=O) groups is 1. The number of aryl methyl sites for hydroxylation is 2. The molecule has 0 saturated carbocycles. The number of nitrogens with zero attached hydrogens (tertiary/aromatic N) is 2. The fourth-order valence-electron chi connectivity index (χ4n) is 1.77. The Morgan fingerprint density at radius 2 is 2.15 bits per heavy atom. The van der Waals surface area contributed by atoms with E-state index in [2.05, 4.69) is 20.7 Å². The number of nitrogens with two attached hydrogens (primary N) is 1. The molecule has 0 saturated heterocycles. The summed E-state index contributed by atoms with van der Waals surface area (Å²) in [5, 5.41) is 5.72. The molecule has 0 aromatic carbocycles. The third-order valence-corrected chi connectivity index (χ3v) is 3.94. The van der Waals surface area contributed by atoms with E-state index in [0.717, 1.165) is 16.4 Å². The number of carbonyl (C=O) groups excluding carboxylic acids is 1. The summed E-state index contributed by atoms with van der Waals surface area (Å²) in [4.78, 5) is 20.7. The van der Waals surface area contributed by atoms with Crippen molar-refractivity contribution in [3.8, 4) is 0 Å². The van der Waals surface area contributed by atoms with E-state index in [-0.39, 0.29) is 11.9 Å². The van der Waals surface area contributed by atoms with Crippen LogP contribution < -0.4 is 16.6 Å². The smallest absolute Gasteiger partial charge is 0.255 e. The molecule has 0 spiro atoms. The summed E-state index contributed by atoms with van der Waals surface area (Å²) in [6.07, 6.45) is 1.51. The first-order valence-electron chi connectivity index (χ1n) is 6.17. The van der Waals surface area contributed by atoms with Crippen molar-refractivity contribution < 1.29 is 4.79 Å². The average molecular weight is 291 g/mol. The molecule has 0 aliphatic rings. The summed E-state index contributed by atoms with van der Waals surface area (Å²) in [7, 11) is 0. The van der Waals surface area contributed by atoms with Crippen LogP contribution in [0.5, 0.6) is 0 Å². The van der Waals surface area contributed by atoms with Crippen LogP contribution in [0.2, 0.25) is 0 Å². The second-order valence-electron chi connectivity index (χ2n) is 4.54. The third-order valence-electron chi connectivity index (χ3n) is 2.80. The highest BCUT2D eigenvalue weighted by Crippen LogP contribution is 2.19. The molecule has 106 valence electrons. The number of nitrogen functional groups attached to an aromatic ring is 1. The summed E-state index contributed by atoms with van der Waals surface area (Å²) in [6.45, 7) is 5.66. The zero-order valence-electron chi connectivity index (χ0n) is 11.6. The maximum Gasteiger partial charge on any atom is 0.255 e. The Labute approximate surface area is 121 Å². The second kappa shape index (κ2) is 5.98. The normalized spacial score (nSPS) is 12.0. The number of amides is 1. The Balaban J connectivity index is 2.16. The molecule has 7 heteroatoms. The molecule has 0 aliphatic heterocycles. The minimum atomic E-state index is -0.231. The number of rotatable bonds is 4. The lowest BCUT2D eigenvalue weighted by Crippen LogP contribution is -2.28. The Morgan fingerprint density at radius 1 is 1.40 bits per heavy atom. The Hall–Kier alpha value is -1.99. The molecule has 4 N–H and O–H groups in total. The van der Waals surface area contributed by atoms with Crippen LogP contribution in [0.15, 0.2) is 17.6 Å². The zero-order chi connectivity index (χ0) is 14.7. The number of hydrogen-bond donors (Lipinski definition) is 3. The minimum Gasteiger partial charge on any atom is -0.343 e. The second-order valence-corrected chi connectivity index (χ2v) is 5.43. The van der Waals surface area contributed by atoms with Gasteiger partial charge in [0.05, 0.1) is 17.3 Å². The van der Waals surface area contributed by atoms with Crippen LogP contribution in [0.4, 0.5) is 5.69 Å². The highest BCUT2D eigenvalue weighted by molar-refractivity contribution is 7.09. The number of anilines is 1. The molecule has 1 amide bonds. The van der Waals surface area contributed by atoms with Crippen molar-refractivity contribution in [3.05, 3.63) is 39.6 Å². The number of aromatic nitrogens is 2. The van der Waals surface area contributed by atoms with Gasteiger partial charge in [0.2, 0.25) is 0 Å². The van der Waals surface area contributed by atoms with Gasteiger partial charge in [0.15, 0.2) is 0 Å². The van der Waals surface area contributed by atoms with Crippen LogP contribution in [0.1, 0.15) is 39.7 Å². The van der Waals surface area contributed by atoms with Crippen LogP contribution >= 0.6 is 11.3 Å². The lowest BCUT2D eigenvalue weighted by atomic mass is 10.2. The Kier molecular flexibility index (Phi) is 4.31. The number of hydrogen-bond acceptors (Lipinski definition) is 6. The molecule has 2 aromatic rings.